The highest BCUT2D eigenvalue weighted by atomic mass is 16.5. The van der Waals surface area contributed by atoms with Crippen LogP contribution in [0.3, 0.4) is 0 Å². The number of benzene rings is 1. The van der Waals surface area contributed by atoms with Gasteiger partial charge in [-0.3, -0.25) is 4.79 Å². The lowest BCUT2D eigenvalue weighted by molar-refractivity contribution is 0.112. The molecule has 15 heavy (non-hydrogen) atoms. The van der Waals surface area contributed by atoms with Crippen LogP contribution in [-0.4, -0.2) is 25.1 Å². The summed E-state index contributed by atoms with van der Waals surface area (Å²) in [6.07, 6.45) is 0.798. The molecule has 0 aromatic heterocycles. The van der Waals surface area contributed by atoms with Gasteiger partial charge >= 0.3 is 0 Å². The van der Waals surface area contributed by atoms with Gasteiger partial charge in [-0.2, -0.15) is 0 Å². The molecule has 0 saturated heterocycles. The Labute approximate surface area is 89.7 Å². The van der Waals surface area contributed by atoms with Gasteiger partial charge in [0, 0.05) is 11.0 Å². The number of carbonyl (C=O) groups excluding carboxylic acids is 1. The van der Waals surface area contributed by atoms with E-state index >= 15 is 0 Å². The lowest BCUT2D eigenvalue weighted by atomic mass is 9.82. The predicted octanol–water partition coefficient (Wildman–Crippen LogP) is 1.78. The molecule has 0 amide bonds. The van der Waals surface area contributed by atoms with Crippen LogP contribution in [0.15, 0.2) is 18.2 Å². The molecule has 1 N–H and O–H groups in total. The van der Waals surface area contributed by atoms with Crippen molar-refractivity contribution in [3.05, 3.63) is 29.3 Å². The Morgan fingerprint density at radius 3 is 2.60 bits per heavy atom. The first-order valence-corrected chi connectivity index (χ1v) is 4.79. The zero-order valence-corrected chi connectivity index (χ0v) is 9.28. The number of ether oxygens (including phenoxy) is 1. The van der Waals surface area contributed by atoms with Crippen LogP contribution in [0.4, 0.5) is 0 Å². The zero-order chi connectivity index (χ0) is 11.5. The Morgan fingerprint density at radius 1 is 1.47 bits per heavy atom. The molecule has 1 aromatic carbocycles. The fourth-order valence-electron chi connectivity index (χ4n) is 1.44. The minimum absolute atomic E-state index is 0.0129. The van der Waals surface area contributed by atoms with E-state index in [0.29, 0.717) is 11.3 Å². The number of hydrogen-bond acceptors (Lipinski definition) is 3. The average Bonchev–Trinajstić information content (AvgIpc) is 2.28. The molecular weight excluding hydrogens is 192 g/mol. The molecule has 0 unspecified atom stereocenters. The van der Waals surface area contributed by atoms with Crippen LogP contribution in [0.5, 0.6) is 5.75 Å². The van der Waals surface area contributed by atoms with Crippen molar-refractivity contribution in [1.29, 1.82) is 0 Å². The topological polar surface area (TPSA) is 46.5 Å². The van der Waals surface area contributed by atoms with Gasteiger partial charge in [0.05, 0.1) is 13.7 Å². The third kappa shape index (κ3) is 2.36. The normalized spacial score (nSPS) is 11.2. The summed E-state index contributed by atoms with van der Waals surface area (Å²) in [5.41, 5.74) is 0.958. The summed E-state index contributed by atoms with van der Waals surface area (Å²) in [5.74, 6) is 0.692. The average molecular weight is 208 g/mol. The summed E-state index contributed by atoms with van der Waals surface area (Å²) in [6.45, 7) is 3.75. The maximum atomic E-state index is 10.9. The minimum Gasteiger partial charge on any atom is -0.497 e. The van der Waals surface area contributed by atoms with E-state index in [1.54, 1.807) is 25.3 Å². The summed E-state index contributed by atoms with van der Waals surface area (Å²) in [7, 11) is 1.58. The third-order valence-corrected chi connectivity index (χ3v) is 2.51. The maximum absolute atomic E-state index is 10.9. The molecule has 0 fully saturated rings. The van der Waals surface area contributed by atoms with Crippen molar-refractivity contribution in [2.24, 2.45) is 0 Å². The maximum Gasteiger partial charge on any atom is 0.150 e. The Bertz CT molecular complexity index is 356. The number of aliphatic hydroxyl groups is 1. The van der Waals surface area contributed by atoms with Crippen LogP contribution in [0.25, 0.3) is 0 Å². The van der Waals surface area contributed by atoms with Crippen molar-refractivity contribution in [2.45, 2.75) is 19.3 Å². The first-order chi connectivity index (χ1) is 7.05. The van der Waals surface area contributed by atoms with Crippen LogP contribution in [0.1, 0.15) is 29.8 Å². The summed E-state index contributed by atoms with van der Waals surface area (Å²) in [6, 6.07) is 5.24. The molecule has 0 radical (unpaired) electrons. The summed E-state index contributed by atoms with van der Waals surface area (Å²) in [5, 5.41) is 9.27. The van der Waals surface area contributed by atoms with Crippen LogP contribution >= 0.6 is 0 Å². The summed E-state index contributed by atoms with van der Waals surface area (Å²) in [4.78, 5) is 10.9. The lowest BCUT2D eigenvalue weighted by Crippen LogP contribution is -2.23. The zero-order valence-electron chi connectivity index (χ0n) is 9.28. The molecule has 0 aliphatic carbocycles. The molecule has 0 aliphatic heterocycles. The lowest BCUT2D eigenvalue weighted by Gasteiger charge is -2.24. The van der Waals surface area contributed by atoms with Gasteiger partial charge in [0.1, 0.15) is 12.0 Å². The monoisotopic (exact) mass is 208 g/mol. The smallest absolute Gasteiger partial charge is 0.150 e. The molecule has 0 saturated carbocycles. The molecule has 3 nitrogen and oxygen atoms in total. The first kappa shape index (κ1) is 11.7. The number of methoxy groups -OCH3 is 1. The Balaban J connectivity index is 3.29. The first-order valence-electron chi connectivity index (χ1n) is 4.79. The molecule has 82 valence electrons. The van der Waals surface area contributed by atoms with Crippen LogP contribution in [0.2, 0.25) is 0 Å². The van der Waals surface area contributed by atoms with Gasteiger partial charge in [-0.15, -0.1) is 0 Å². The number of rotatable bonds is 4. The van der Waals surface area contributed by atoms with E-state index in [1.165, 1.54) is 0 Å². The minimum atomic E-state index is -0.440. The highest BCUT2D eigenvalue weighted by Gasteiger charge is 2.23. The third-order valence-electron chi connectivity index (χ3n) is 2.51. The van der Waals surface area contributed by atoms with Crippen LogP contribution < -0.4 is 4.74 Å². The molecular formula is C12H16O3. The fraction of sp³-hybridized carbons (Fsp3) is 0.417. The van der Waals surface area contributed by atoms with Crippen LogP contribution in [0, 0.1) is 0 Å². The van der Waals surface area contributed by atoms with Gasteiger partial charge in [-0.05, 0) is 23.8 Å². The molecule has 0 atom stereocenters. The molecule has 0 heterocycles. The second-order valence-corrected chi connectivity index (χ2v) is 4.11. The van der Waals surface area contributed by atoms with Crippen molar-refractivity contribution in [2.75, 3.05) is 13.7 Å². The van der Waals surface area contributed by atoms with Crippen molar-refractivity contribution < 1.29 is 14.6 Å². The number of hydrogen-bond donors (Lipinski definition) is 1. The van der Waals surface area contributed by atoms with E-state index in [-0.39, 0.29) is 6.61 Å². The van der Waals surface area contributed by atoms with Gasteiger partial charge in [0.15, 0.2) is 0 Å². The van der Waals surface area contributed by atoms with Crippen molar-refractivity contribution in [1.82, 2.24) is 0 Å². The van der Waals surface area contributed by atoms with E-state index < -0.39 is 5.41 Å². The van der Waals surface area contributed by atoms with Gasteiger partial charge in [-0.1, -0.05) is 13.8 Å². The highest BCUT2D eigenvalue weighted by Crippen LogP contribution is 2.28. The molecule has 1 rings (SSSR count). The van der Waals surface area contributed by atoms with E-state index in [9.17, 15) is 9.90 Å². The Morgan fingerprint density at radius 2 is 2.13 bits per heavy atom. The predicted molar refractivity (Wildman–Crippen MR) is 58.5 cm³/mol. The van der Waals surface area contributed by atoms with Gasteiger partial charge in [0.2, 0.25) is 0 Å². The van der Waals surface area contributed by atoms with E-state index in [0.717, 1.165) is 11.8 Å². The van der Waals surface area contributed by atoms with Crippen molar-refractivity contribution in [3.8, 4) is 5.75 Å². The van der Waals surface area contributed by atoms with E-state index in [4.69, 9.17) is 4.74 Å². The quantitative estimate of drug-likeness (QED) is 0.767. The van der Waals surface area contributed by atoms with Gasteiger partial charge < -0.3 is 9.84 Å². The molecule has 1 aromatic rings. The number of aliphatic hydroxyl groups excluding tert-OH is 1. The highest BCUT2D eigenvalue weighted by molar-refractivity contribution is 5.78. The summed E-state index contributed by atoms with van der Waals surface area (Å²) < 4.78 is 5.10. The number of carbonyl (C=O) groups is 1. The Kier molecular flexibility index (Phi) is 3.48. The molecule has 0 bridgehead atoms. The second kappa shape index (κ2) is 4.45. The fourth-order valence-corrected chi connectivity index (χ4v) is 1.44. The van der Waals surface area contributed by atoms with E-state index in [2.05, 4.69) is 0 Å². The second-order valence-electron chi connectivity index (χ2n) is 4.11. The van der Waals surface area contributed by atoms with Crippen molar-refractivity contribution >= 4 is 6.29 Å². The molecule has 3 heteroatoms. The van der Waals surface area contributed by atoms with Gasteiger partial charge in [-0.25, -0.2) is 0 Å². The van der Waals surface area contributed by atoms with Crippen molar-refractivity contribution in [3.63, 3.8) is 0 Å². The largest absolute Gasteiger partial charge is 0.497 e. The summed E-state index contributed by atoms with van der Waals surface area (Å²) >= 11 is 0. The van der Waals surface area contributed by atoms with E-state index in [1.807, 2.05) is 13.8 Å². The van der Waals surface area contributed by atoms with Gasteiger partial charge in [0.25, 0.3) is 0 Å². The SMILES string of the molecule is COc1ccc(C=O)c(C(C)(C)CO)c1. The standard InChI is InChI=1S/C12H16O3/c1-12(2,8-14)11-6-10(15-3)5-4-9(11)7-13/h4-7,14H,8H2,1-3H3. The number of aldehydes is 1. The molecule has 0 spiro atoms. The molecule has 0 aliphatic rings. The van der Waals surface area contributed by atoms with Crippen LogP contribution in [-0.2, 0) is 5.41 Å². The Hall–Kier alpha value is -1.35.